The van der Waals surface area contributed by atoms with Crippen LogP contribution in [0.3, 0.4) is 0 Å². The second-order valence-corrected chi connectivity index (χ2v) is 4.41. The molecule has 6 heteroatoms. The SMILES string of the molecule is COc1ccc(C(OCCO)C(F)(F)CI)cc1. The fourth-order valence-corrected chi connectivity index (χ4v) is 1.88. The van der Waals surface area contributed by atoms with E-state index in [1.807, 2.05) is 0 Å². The van der Waals surface area contributed by atoms with Crippen molar-refractivity contribution in [1.29, 1.82) is 0 Å². The molecular formula is C12H15F2IO3. The minimum Gasteiger partial charge on any atom is -0.497 e. The molecule has 0 amide bonds. The Balaban J connectivity index is 2.93. The van der Waals surface area contributed by atoms with Gasteiger partial charge in [-0.15, -0.1) is 0 Å². The Labute approximate surface area is 118 Å². The monoisotopic (exact) mass is 372 g/mol. The molecule has 0 aliphatic carbocycles. The average Bonchev–Trinajstić information content (AvgIpc) is 2.39. The van der Waals surface area contributed by atoms with Crippen molar-refractivity contribution >= 4 is 22.6 Å². The summed E-state index contributed by atoms with van der Waals surface area (Å²) in [5, 5.41) is 8.69. The Hall–Kier alpha value is -0.470. The van der Waals surface area contributed by atoms with Gasteiger partial charge in [0.25, 0.3) is 5.92 Å². The highest BCUT2D eigenvalue weighted by Gasteiger charge is 2.40. The van der Waals surface area contributed by atoms with E-state index in [1.165, 1.54) is 7.11 Å². The third-order valence-corrected chi connectivity index (χ3v) is 3.37. The van der Waals surface area contributed by atoms with Gasteiger partial charge in [0.05, 0.1) is 24.8 Å². The maximum atomic E-state index is 13.8. The molecule has 0 bridgehead atoms. The van der Waals surface area contributed by atoms with Gasteiger partial charge in [0, 0.05) is 0 Å². The summed E-state index contributed by atoms with van der Waals surface area (Å²) in [6, 6.07) is 6.30. The highest BCUT2D eigenvalue weighted by molar-refractivity contribution is 14.1. The van der Waals surface area contributed by atoms with Gasteiger partial charge in [-0.1, -0.05) is 34.7 Å². The van der Waals surface area contributed by atoms with Crippen LogP contribution >= 0.6 is 22.6 Å². The number of aliphatic hydroxyl groups excluding tert-OH is 1. The first kappa shape index (κ1) is 15.6. The zero-order valence-electron chi connectivity index (χ0n) is 9.91. The lowest BCUT2D eigenvalue weighted by molar-refractivity contribution is -0.127. The van der Waals surface area contributed by atoms with E-state index in [0.717, 1.165) is 0 Å². The highest BCUT2D eigenvalue weighted by atomic mass is 127. The molecule has 102 valence electrons. The van der Waals surface area contributed by atoms with Crippen LogP contribution in [0.25, 0.3) is 0 Å². The fraction of sp³-hybridized carbons (Fsp3) is 0.500. The topological polar surface area (TPSA) is 38.7 Å². The van der Waals surface area contributed by atoms with Crippen molar-refractivity contribution in [2.75, 3.05) is 24.8 Å². The van der Waals surface area contributed by atoms with Crippen molar-refractivity contribution in [2.45, 2.75) is 12.0 Å². The summed E-state index contributed by atoms with van der Waals surface area (Å²) in [4.78, 5) is 0. The Morgan fingerprint density at radius 3 is 2.39 bits per heavy atom. The summed E-state index contributed by atoms with van der Waals surface area (Å²) >= 11 is 1.62. The fourth-order valence-electron chi connectivity index (χ4n) is 1.48. The van der Waals surface area contributed by atoms with Crippen molar-refractivity contribution < 1.29 is 23.4 Å². The van der Waals surface area contributed by atoms with Crippen LogP contribution in [0, 0.1) is 0 Å². The van der Waals surface area contributed by atoms with Gasteiger partial charge in [0.2, 0.25) is 0 Å². The lowest BCUT2D eigenvalue weighted by Gasteiger charge is -2.25. The van der Waals surface area contributed by atoms with E-state index in [0.29, 0.717) is 11.3 Å². The molecule has 1 aromatic carbocycles. The van der Waals surface area contributed by atoms with E-state index in [2.05, 4.69) is 0 Å². The van der Waals surface area contributed by atoms with Crippen LogP contribution in [0.4, 0.5) is 8.78 Å². The molecule has 0 aromatic heterocycles. The summed E-state index contributed by atoms with van der Waals surface area (Å²) in [7, 11) is 1.51. The second kappa shape index (κ2) is 7.20. The smallest absolute Gasteiger partial charge is 0.286 e. The quantitative estimate of drug-likeness (QED) is 0.591. The van der Waals surface area contributed by atoms with E-state index < -0.39 is 12.0 Å². The third kappa shape index (κ3) is 4.03. The molecule has 0 heterocycles. The van der Waals surface area contributed by atoms with Crippen LogP contribution in [0.1, 0.15) is 11.7 Å². The Bertz CT molecular complexity index is 357. The number of halogens is 3. The molecule has 0 saturated heterocycles. The van der Waals surface area contributed by atoms with Gasteiger partial charge in [0.15, 0.2) is 0 Å². The van der Waals surface area contributed by atoms with Crippen molar-refractivity contribution in [2.24, 2.45) is 0 Å². The molecule has 1 rings (SSSR count). The Morgan fingerprint density at radius 2 is 1.94 bits per heavy atom. The lowest BCUT2D eigenvalue weighted by Crippen LogP contribution is -2.31. The number of rotatable bonds is 7. The van der Waals surface area contributed by atoms with Crippen LogP contribution in [0.2, 0.25) is 0 Å². The molecule has 0 radical (unpaired) electrons. The maximum absolute atomic E-state index is 13.8. The number of hydrogen-bond donors (Lipinski definition) is 1. The number of aliphatic hydroxyl groups is 1. The summed E-state index contributed by atoms with van der Waals surface area (Å²) in [6.45, 7) is -0.410. The summed E-state index contributed by atoms with van der Waals surface area (Å²) in [6.07, 6.45) is -1.35. The van der Waals surface area contributed by atoms with Crippen LogP contribution in [-0.4, -0.2) is 35.8 Å². The molecule has 1 aromatic rings. The lowest BCUT2D eigenvalue weighted by atomic mass is 10.0. The van der Waals surface area contributed by atoms with E-state index in [9.17, 15) is 8.78 Å². The minimum absolute atomic E-state index is 0.122. The van der Waals surface area contributed by atoms with Gasteiger partial charge in [-0.2, -0.15) is 0 Å². The first-order valence-electron chi connectivity index (χ1n) is 5.35. The first-order chi connectivity index (χ1) is 8.55. The van der Waals surface area contributed by atoms with E-state index in [1.54, 1.807) is 46.9 Å². The number of ether oxygens (including phenoxy) is 2. The molecule has 1 N–H and O–H groups in total. The molecule has 0 aliphatic rings. The molecule has 0 fully saturated rings. The largest absolute Gasteiger partial charge is 0.497 e. The molecular weight excluding hydrogens is 357 g/mol. The highest BCUT2D eigenvalue weighted by Crippen LogP contribution is 2.36. The predicted octanol–water partition coefficient (Wildman–Crippen LogP) is 2.82. The summed E-state index contributed by atoms with van der Waals surface area (Å²) < 4.78 is 37.2. The predicted molar refractivity (Wildman–Crippen MR) is 72.6 cm³/mol. The molecule has 18 heavy (non-hydrogen) atoms. The van der Waals surface area contributed by atoms with Crippen molar-refractivity contribution in [3.63, 3.8) is 0 Å². The van der Waals surface area contributed by atoms with E-state index in [4.69, 9.17) is 14.6 Å². The van der Waals surface area contributed by atoms with Crippen molar-refractivity contribution in [3.05, 3.63) is 29.8 Å². The van der Waals surface area contributed by atoms with Crippen LogP contribution in [0.15, 0.2) is 24.3 Å². The van der Waals surface area contributed by atoms with Crippen LogP contribution in [-0.2, 0) is 4.74 Å². The normalized spacial score (nSPS) is 13.4. The molecule has 3 nitrogen and oxygen atoms in total. The molecule has 0 saturated carbocycles. The number of alkyl halides is 3. The molecule has 0 spiro atoms. The number of hydrogen-bond acceptors (Lipinski definition) is 3. The standard InChI is InChI=1S/C12H15F2IO3/c1-17-10-4-2-9(3-5-10)11(18-7-6-16)12(13,14)8-15/h2-5,11,16H,6-8H2,1H3. The molecule has 1 atom stereocenters. The van der Waals surface area contributed by atoms with Gasteiger partial charge < -0.3 is 14.6 Å². The number of methoxy groups -OCH3 is 1. The van der Waals surface area contributed by atoms with E-state index in [-0.39, 0.29) is 17.6 Å². The van der Waals surface area contributed by atoms with Crippen LogP contribution in [0.5, 0.6) is 5.75 Å². The summed E-state index contributed by atoms with van der Waals surface area (Å²) in [5.74, 6) is -2.39. The van der Waals surface area contributed by atoms with E-state index >= 15 is 0 Å². The van der Waals surface area contributed by atoms with Gasteiger partial charge in [-0.25, -0.2) is 8.78 Å². The molecule has 0 aliphatic heterocycles. The van der Waals surface area contributed by atoms with Crippen LogP contribution < -0.4 is 4.74 Å². The average molecular weight is 372 g/mol. The minimum atomic E-state index is -2.98. The van der Waals surface area contributed by atoms with Gasteiger partial charge in [-0.3, -0.25) is 0 Å². The maximum Gasteiger partial charge on any atom is 0.286 e. The van der Waals surface area contributed by atoms with Crippen molar-refractivity contribution in [3.8, 4) is 5.75 Å². The summed E-state index contributed by atoms with van der Waals surface area (Å²) in [5.41, 5.74) is 0.367. The first-order valence-corrected chi connectivity index (χ1v) is 6.88. The Morgan fingerprint density at radius 1 is 1.33 bits per heavy atom. The molecule has 1 unspecified atom stereocenters. The third-order valence-electron chi connectivity index (χ3n) is 2.36. The number of benzene rings is 1. The zero-order chi connectivity index (χ0) is 13.6. The Kier molecular flexibility index (Phi) is 6.24. The van der Waals surface area contributed by atoms with Gasteiger partial charge in [-0.05, 0) is 17.7 Å². The van der Waals surface area contributed by atoms with Gasteiger partial charge in [0.1, 0.15) is 11.9 Å². The second-order valence-electron chi connectivity index (χ2n) is 3.64. The zero-order valence-corrected chi connectivity index (χ0v) is 12.1. The van der Waals surface area contributed by atoms with Gasteiger partial charge >= 0.3 is 0 Å². The van der Waals surface area contributed by atoms with Crippen molar-refractivity contribution in [1.82, 2.24) is 0 Å².